The lowest BCUT2D eigenvalue weighted by Gasteiger charge is -2.21. The maximum atomic E-state index is 13.4. The molecule has 3 aromatic carbocycles. The molecule has 0 saturated heterocycles. The molecule has 0 radical (unpaired) electrons. The van der Waals surface area contributed by atoms with Crippen molar-refractivity contribution in [2.75, 3.05) is 0 Å². The third kappa shape index (κ3) is 6.12. The quantitative estimate of drug-likeness (QED) is 0.246. The first kappa shape index (κ1) is 25.4. The summed E-state index contributed by atoms with van der Waals surface area (Å²) in [7, 11) is 0. The van der Waals surface area contributed by atoms with Gasteiger partial charge in [-0.1, -0.05) is 88.1 Å². The van der Waals surface area contributed by atoms with E-state index in [0.717, 1.165) is 25.7 Å². The molecule has 0 aliphatic heterocycles. The van der Waals surface area contributed by atoms with Crippen LogP contribution in [0, 0.1) is 0 Å². The van der Waals surface area contributed by atoms with E-state index in [4.69, 9.17) is 9.47 Å². The van der Waals surface area contributed by atoms with Crippen LogP contribution in [-0.2, 0) is 12.8 Å². The first-order valence-electron chi connectivity index (χ1n) is 13.1. The standard InChI is InChI=1S/C32H34O4/c1-3-5-7-11-23-15-19-25(20-16-23)35-31-29(33)27-13-9-10-14-28(27)30(34)32(31)36-26-21-17-24(18-22-26)12-8-6-4-2/h9-10,13-22H,3-8,11-12H2,1-2H3. The van der Waals surface area contributed by atoms with Crippen molar-refractivity contribution in [2.45, 2.75) is 65.2 Å². The topological polar surface area (TPSA) is 52.6 Å². The number of fused-ring (bicyclic) bond motifs is 1. The highest BCUT2D eigenvalue weighted by atomic mass is 16.5. The molecule has 1 aliphatic carbocycles. The number of Topliss-reactive ketones (excluding diaryl/α,β-unsaturated/α-hetero) is 2. The molecule has 3 aromatic rings. The Hall–Kier alpha value is -3.66. The van der Waals surface area contributed by atoms with Crippen molar-refractivity contribution in [1.29, 1.82) is 0 Å². The zero-order valence-electron chi connectivity index (χ0n) is 21.2. The van der Waals surface area contributed by atoms with Gasteiger partial charge in [0.05, 0.1) is 0 Å². The highest BCUT2D eigenvalue weighted by molar-refractivity contribution is 6.25. The zero-order chi connectivity index (χ0) is 25.3. The third-order valence-corrected chi connectivity index (χ3v) is 6.46. The molecule has 0 spiro atoms. The number of benzene rings is 3. The smallest absolute Gasteiger partial charge is 0.233 e. The molecule has 0 atom stereocenters. The van der Waals surface area contributed by atoms with E-state index in [1.807, 2.05) is 48.5 Å². The zero-order valence-corrected chi connectivity index (χ0v) is 21.2. The molecule has 4 rings (SSSR count). The SMILES string of the molecule is CCCCCc1ccc(OC2=C(Oc3ccc(CCCCC)cc3)C(=O)c3ccccc3C2=O)cc1. The lowest BCUT2D eigenvalue weighted by atomic mass is 9.92. The van der Waals surface area contributed by atoms with Crippen molar-refractivity contribution in [2.24, 2.45) is 0 Å². The summed E-state index contributed by atoms with van der Waals surface area (Å²) in [6.07, 6.45) is 9.04. The Bertz CT molecular complexity index is 1120. The van der Waals surface area contributed by atoms with Crippen molar-refractivity contribution in [3.63, 3.8) is 0 Å². The summed E-state index contributed by atoms with van der Waals surface area (Å²) in [6, 6.07) is 22.2. The maximum absolute atomic E-state index is 13.4. The first-order chi connectivity index (χ1) is 17.6. The number of aryl methyl sites for hydroxylation is 2. The number of rotatable bonds is 12. The number of carbonyl (C=O) groups excluding carboxylic acids is 2. The normalized spacial score (nSPS) is 13.1. The third-order valence-electron chi connectivity index (χ3n) is 6.46. The Morgan fingerprint density at radius 2 is 0.917 bits per heavy atom. The van der Waals surface area contributed by atoms with E-state index < -0.39 is 0 Å². The van der Waals surface area contributed by atoms with Gasteiger partial charge in [-0.15, -0.1) is 0 Å². The molecule has 0 N–H and O–H groups in total. The fourth-order valence-electron chi connectivity index (χ4n) is 4.36. The van der Waals surface area contributed by atoms with Gasteiger partial charge in [-0.2, -0.15) is 0 Å². The molecule has 1 aliphatic rings. The van der Waals surface area contributed by atoms with Gasteiger partial charge in [-0.3, -0.25) is 9.59 Å². The van der Waals surface area contributed by atoms with Gasteiger partial charge in [0.2, 0.25) is 23.1 Å². The summed E-state index contributed by atoms with van der Waals surface area (Å²) in [5.74, 6) is 0.120. The number of hydrogen-bond donors (Lipinski definition) is 0. The summed E-state index contributed by atoms with van der Waals surface area (Å²) in [4.78, 5) is 26.8. The van der Waals surface area contributed by atoms with Crippen LogP contribution in [-0.4, -0.2) is 11.6 Å². The largest absolute Gasteiger partial charge is 0.449 e. The van der Waals surface area contributed by atoms with Crippen molar-refractivity contribution in [3.8, 4) is 11.5 Å². The minimum absolute atomic E-state index is 0.0792. The van der Waals surface area contributed by atoms with Gasteiger partial charge < -0.3 is 9.47 Å². The van der Waals surface area contributed by atoms with E-state index in [2.05, 4.69) is 13.8 Å². The van der Waals surface area contributed by atoms with Gasteiger partial charge in [0.25, 0.3) is 0 Å². The van der Waals surface area contributed by atoms with Crippen molar-refractivity contribution in [3.05, 3.63) is 107 Å². The van der Waals surface area contributed by atoms with Crippen molar-refractivity contribution >= 4 is 11.6 Å². The van der Waals surface area contributed by atoms with Gasteiger partial charge >= 0.3 is 0 Å². The van der Waals surface area contributed by atoms with Crippen LogP contribution in [0.4, 0.5) is 0 Å². The van der Waals surface area contributed by atoms with Crippen molar-refractivity contribution < 1.29 is 19.1 Å². The summed E-state index contributed by atoms with van der Waals surface area (Å²) in [5, 5.41) is 0. The average molecular weight is 483 g/mol. The maximum Gasteiger partial charge on any atom is 0.233 e. The predicted molar refractivity (Wildman–Crippen MR) is 143 cm³/mol. The van der Waals surface area contributed by atoms with E-state index in [1.165, 1.54) is 36.8 Å². The second-order valence-corrected chi connectivity index (χ2v) is 9.27. The van der Waals surface area contributed by atoms with Gasteiger partial charge in [0, 0.05) is 11.1 Å². The van der Waals surface area contributed by atoms with Gasteiger partial charge in [-0.05, 0) is 61.1 Å². The van der Waals surface area contributed by atoms with E-state index >= 15 is 0 Å². The second kappa shape index (κ2) is 12.3. The number of ether oxygens (including phenoxy) is 2. The molecule has 0 bridgehead atoms. The number of unbranched alkanes of at least 4 members (excludes halogenated alkanes) is 4. The number of allylic oxidation sites excluding steroid dienone is 2. The van der Waals surface area contributed by atoms with Gasteiger partial charge in [0.1, 0.15) is 11.5 Å². The molecular weight excluding hydrogens is 448 g/mol. The minimum atomic E-state index is -0.358. The lowest BCUT2D eigenvalue weighted by Crippen LogP contribution is -2.27. The number of carbonyl (C=O) groups is 2. The first-order valence-corrected chi connectivity index (χ1v) is 13.1. The highest BCUT2D eigenvalue weighted by Gasteiger charge is 2.36. The summed E-state index contributed by atoms with van der Waals surface area (Å²) in [5.41, 5.74) is 3.09. The van der Waals surface area contributed by atoms with Crippen LogP contribution in [0.5, 0.6) is 11.5 Å². The molecule has 186 valence electrons. The Balaban J connectivity index is 1.59. The van der Waals surface area contributed by atoms with Gasteiger partial charge in [-0.25, -0.2) is 0 Å². The summed E-state index contributed by atoms with van der Waals surface area (Å²) >= 11 is 0. The van der Waals surface area contributed by atoms with Crippen LogP contribution in [0.1, 0.15) is 84.2 Å². The summed E-state index contributed by atoms with van der Waals surface area (Å²) < 4.78 is 12.1. The fourth-order valence-corrected chi connectivity index (χ4v) is 4.36. The predicted octanol–water partition coefficient (Wildman–Crippen LogP) is 7.90. The van der Waals surface area contributed by atoms with Crippen molar-refractivity contribution in [1.82, 2.24) is 0 Å². The van der Waals surface area contributed by atoms with E-state index in [9.17, 15) is 9.59 Å². The molecule has 0 heterocycles. The number of hydrogen-bond acceptors (Lipinski definition) is 4. The van der Waals surface area contributed by atoms with Crippen LogP contribution in [0.25, 0.3) is 0 Å². The van der Waals surface area contributed by atoms with Crippen LogP contribution in [0.3, 0.4) is 0 Å². The molecule has 0 amide bonds. The molecule has 0 aromatic heterocycles. The molecule has 0 unspecified atom stereocenters. The van der Waals surface area contributed by atoms with Crippen LogP contribution in [0.15, 0.2) is 84.3 Å². The highest BCUT2D eigenvalue weighted by Crippen LogP contribution is 2.31. The Morgan fingerprint density at radius 1 is 0.528 bits per heavy atom. The molecule has 4 heteroatoms. The molecule has 36 heavy (non-hydrogen) atoms. The second-order valence-electron chi connectivity index (χ2n) is 9.27. The monoisotopic (exact) mass is 482 g/mol. The van der Waals surface area contributed by atoms with Crippen LogP contribution < -0.4 is 9.47 Å². The summed E-state index contributed by atoms with van der Waals surface area (Å²) in [6.45, 7) is 4.37. The van der Waals surface area contributed by atoms with Crippen LogP contribution >= 0.6 is 0 Å². The van der Waals surface area contributed by atoms with Crippen LogP contribution in [0.2, 0.25) is 0 Å². The van der Waals surface area contributed by atoms with E-state index in [-0.39, 0.29) is 23.1 Å². The van der Waals surface area contributed by atoms with E-state index in [0.29, 0.717) is 22.6 Å². The number of ketones is 2. The molecule has 0 saturated carbocycles. The minimum Gasteiger partial charge on any atom is -0.449 e. The Kier molecular flexibility index (Phi) is 8.72. The fraction of sp³-hybridized carbons (Fsp3) is 0.312. The molecular formula is C32H34O4. The molecule has 0 fully saturated rings. The average Bonchev–Trinajstić information content (AvgIpc) is 2.91. The molecule has 4 nitrogen and oxygen atoms in total. The Labute approximate surface area is 214 Å². The van der Waals surface area contributed by atoms with Gasteiger partial charge in [0.15, 0.2) is 0 Å². The Morgan fingerprint density at radius 3 is 1.28 bits per heavy atom. The van der Waals surface area contributed by atoms with E-state index in [1.54, 1.807) is 24.3 Å². The lowest BCUT2D eigenvalue weighted by molar-refractivity contribution is 0.0897.